The second-order valence-corrected chi connectivity index (χ2v) is 4.69. The Morgan fingerprint density at radius 2 is 2.00 bits per heavy atom. The highest BCUT2D eigenvalue weighted by Crippen LogP contribution is 2.15. The van der Waals surface area contributed by atoms with Crippen molar-refractivity contribution >= 4 is 24.4 Å². The Morgan fingerprint density at radius 3 is 2.50 bits per heavy atom. The van der Waals surface area contributed by atoms with Crippen LogP contribution in [0.3, 0.4) is 0 Å². The number of hydrogen-bond acceptors (Lipinski definition) is 3. The van der Waals surface area contributed by atoms with Crippen LogP contribution in [0, 0.1) is 0 Å². The minimum Gasteiger partial charge on any atom is -0.444 e. The van der Waals surface area contributed by atoms with Gasteiger partial charge in [0.05, 0.1) is 0 Å². The van der Waals surface area contributed by atoms with Crippen molar-refractivity contribution in [2.75, 3.05) is 5.32 Å². The lowest BCUT2D eigenvalue weighted by Crippen LogP contribution is -2.27. The van der Waals surface area contributed by atoms with Crippen LogP contribution in [-0.4, -0.2) is 11.7 Å². The fourth-order valence-corrected chi connectivity index (χ4v) is 1.23. The van der Waals surface area contributed by atoms with E-state index >= 15 is 0 Å². The molecule has 1 N–H and O–H groups in total. The molecule has 0 fully saturated rings. The minimum atomic E-state index is -0.483. The summed E-state index contributed by atoms with van der Waals surface area (Å²) in [6, 6.07) is 7.19. The first-order chi connectivity index (χ1) is 6.87. The summed E-state index contributed by atoms with van der Waals surface area (Å²) in [5.74, 6) is 0. The Labute approximate surface area is 103 Å². The average Bonchev–Trinajstić information content (AvgIpc) is 1.99. The van der Waals surface area contributed by atoms with Crippen LogP contribution in [0.4, 0.5) is 10.5 Å². The van der Waals surface area contributed by atoms with E-state index in [1.54, 1.807) is 12.1 Å². The quantitative estimate of drug-likeness (QED) is 0.730. The normalized spacial score (nSPS) is 10.2. The highest BCUT2D eigenvalue weighted by atomic mass is 32.1. The van der Waals surface area contributed by atoms with E-state index in [0.29, 0.717) is 5.69 Å². The molecule has 0 saturated carbocycles. The number of carbonyl (C=O) groups excluding carboxylic acids is 1. The number of anilines is 1. The Balaban J connectivity index is 0.00000225. The molecule has 0 bridgehead atoms. The SMILES string of the molecule is C.CC(C)(C)OC(=O)Nc1cccc(S)c1. The third kappa shape index (κ3) is 5.66. The lowest BCUT2D eigenvalue weighted by atomic mass is 10.2. The second kappa shape index (κ2) is 5.80. The lowest BCUT2D eigenvalue weighted by Gasteiger charge is -2.19. The largest absolute Gasteiger partial charge is 0.444 e. The zero-order valence-electron chi connectivity index (χ0n) is 9.07. The third-order valence-corrected chi connectivity index (χ3v) is 1.77. The second-order valence-electron chi connectivity index (χ2n) is 4.18. The van der Waals surface area contributed by atoms with E-state index in [9.17, 15) is 4.79 Å². The topological polar surface area (TPSA) is 38.3 Å². The van der Waals surface area contributed by atoms with Crippen LogP contribution < -0.4 is 5.32 Å². The zero-order valence-corrected chi connectivity index (χ0v) is 9.97. The fraction of sp³-hybridized carbons (Fsp3) is 0.417. The van der Waals surface area contributed by atoms with Gasteiger partial charge in [-0.3, -0.25) is 5.32 Å². The van der Waals surface area contributed by atoms with Gasteiger partial charge in [0.15, 0.2) is 0 Å². The van der Waals surface area contributed by atoms with Crippen LogP contribution in [0.25, 0.3) is 0 Å². The Bertz CT molecular complexity index is 358. The van der Waals surface area contributed by atoms with Crippen LogP contribution >= 0.6 is 12.6 Å². The number of nitrogens with one attached hydrogen (secondary N) is 1. The maximum Gasteiger partial charge on any atom is 0.412 e. The Morgan fingerprint density at radius 1 is 1.38 bits per heavy atom. The van der Waals surface area contributed by atoms with Crippen molar-refractivity contribution in [2.24, 2.45) is 0 Å². The molecule has 1 aromatic rings. The molecule has 16 heavy (non-hydrogen) atoms. The summed E-state index contributed by atoms with van der Waals surface area (Å²) in [5, 5.41) is 2.63. The predicted molar refractivity (Wildman–Crippen MR) is 70.3 cm³/mol. The van der Waals surface area contributed by atoms with E-state index < -0.39 is 11.7 Å². The number of amides is 1. The van der Waals surface area contributed by atoms with Gasteiger partial charge < -0.3 is 4.74 Å². The monoisotopic (exact) mass is 241 g/mol. The molecule has 4 heteroatoms. The molecule has 0 heterocycles. The molecule has 1 rings (SSSR count). The summed E-state index contributed by atoms with van der Waals surface area (Å²) in [4.78, 5) is 12.2. The van der Waals surface area contributed by atoms with E-state index in [1.165, 1.54) is 0 Å². The maximum absolute atomic E-state index is 11.4. The number of hydrogen-bond donors (Lipinski definition) is 2. The summed E-state index contributed by atoms with van der Waals surface area (Å²) < 4.78 is 5.11. The van der Waals surface area contributed by atoms with Crippen molar-refractivity contribution in [2.45, 2.75) is 38.7 Å². The molecular weight excluding hydrogens is 222 g/mol. The molecule has 0 saturated heterocycles. The number of carbonyl (C=O) groups is 1. The molecule has 0 aliphatic heterocycles. The van der Waals surface area contributed by atoms with Crippen molar-refractivity contribution in [1.29, 1.82) is 0 Å². The molecule has 3 nitrogen and oxygen atoms in total. The molecular formula is C12H19NO2S. The molecule has 1 amide bonds. The van der Waals surface area contributed by atoms with Gasteiger partial charge in [-0.1, -0.05) is 13.5 Å². The summed E-state index contributed by atoms with van der Waals surface area (Å²) in [5.41, 5.74) is 0.194. The molecule has 0 aliphatic rings. The first-order valence-electron chi connectivity index (χ1n) is 4.66. The van der Waals surface area contributed by atoms with E-state index in [-0.39, 0.29) is 7.43 Å². The van der Waals surface area contributed by atoms with Gasteiger partial charge in [0, 0.05) is 10.6 Å². The third-order valence-electron chi connectivity index (χ3n) is 1.49. The molecule has 90 valence electrons. The van der Waals surface area contributed by atoms with Crippen LogP contribution in [0.2, 0.25) is 0 Å². The molecule has 0 radical (unpaired) electrons. The average molecular weight is 241 g/mol. The van der Waals surface area contributed by atoms with Crippen LogP contribution in [-0.2, 0) is 4.74 Å². The molecule has 0 aromatic heterocycles. The number of thiol groups is 1. The van der Waals surface area contributed by atoms with Gasteiger partial charge in [-0.05, 0) is 39.0 Å². The molecule has 1 aromatic carbocycles. The van der Waals surface area contributed by atoms with Gasteiger partial charge in [0.1, 0.15) is 5.60 Å². The smallest absolute Gasteiger partial charge is 0.412 e. The van der Waals surface area contributed by atoms with Gasteiger partial charge >= 0.3 is 6.09 Å². The number of ether oxygens (including phenoxy) is 1. The first-order valence-corrected chi connectivity index (χ1v) is 5.10. The Hall–Kier alpha value is -1.16. The maximum atomic E-state index is 11.4. The highest BCUT2D eigenvalue weighted by molar-refractivity contribution is 7.80. The van der Waals surface area contributed by atoms with Gasteiger partial charge in [-0.25, -0.2) is 4.79 Å². The first kappa shape index (κ1) is 14.8. The van der Waals surface area contributed by atoms with Gasteiger partial charge in [-0.15, -0.1) is 12.6 Å². The van der Waals surface area contributed by atoms with Gasteiger partial charge in [0.2, 0.25) is 0 Å². The predicted octanol–water partition coefficient (Wildman–Crippen LogP) is 3.96. The number of rotatable bonds is 1. The zero-order chi connectivity index (χ0) is 11.5. The summed E-state index contributed by atoms with van der Waals surface area (Å²) >= 11 is 4.17. The highest BCUT2D eigenvalue weighted by Gasteiger charge is 2.15. The van der Waals surface area contributed by atoms with Crippen molar-refractivity contribution in [3.05, 3.63) is 24.3 Å². The fourth-order valence-electron chi connectivity index (χ4n) is 1.01. The standard InChI is InChI=1S/C11H15NO2S.CH4/c1-11(2,3)14-10(13)12-8-5-4-6-9(15)7-8;/h4-7,15H,1-3H3,(H,12,13);1H4. The van der Waals surface area contributed by atoms with Crippen molar-refractivity contribution in [3.63, 3.8) is 0 Å². The lowest BCUT2D eigenvalue weighted by molar-refractivity contribution is 0.0636. The van der Waals surface area contributed by atoms with E-state index in [4.69, 9.17) is 4.74 Å². The van der Waals surface area contributed by atoms with E-state index in [2.05, 4.69) is 17.9 Å². The van der Waals surface area contributed by atoms with Crippen molar-refractivity contribution in [3.8, 4) is 0 Å². The van der Waals surface area contributed by atoms with Crippen LogP contribution in [0.1, 0.15) is 28.2 Å². The van der Waals surface area contributed by atoms with E-state index in [0.717, 1.165) is 4.90 Å². The van der Waals surface area contributed by atoms with Gasteiger partial charge in [-0.2, -0.15) is 0 Å². The van der Waals surface area contributed by atoms with Crippen molar-refractivity contribution in [1.82, 2.24) is 0 Å². The molecule has 0 unspecified atom stereocenters. The molecule has 0 spiro atoms. The van der Waals surface area contributed by atoms with Crippen molar-refractivity contribution < 1.29 is 9.53 Å². The van der Waals surface area contributed by atoms with Crippen LogP contribution in [0.5, 0.6) is 0 Å². The van der Waals surface area contributed by atoms with E-state index in [1.807, 2.05) is 32.9 Å². The summed E-state index contributed by atoms with van der Waals surface area (Å²) in [6.45, 7) is 5.46. The summed E-state index contributed by atoms with van der Waals surface area (Å²) in [6.07, 6.45) is -0.457. The molecule has 0 aliphatic carbocycles. The molecule has 0 atom stereocenters. The summed E-state index contributed by atoms with van der Waals surface area (Å²) in [7, 11) is 0. The van der Waals surface area contributed by atoms with Gasteiger partial charge in [0.25, 0.3) is 0 Å². The minimum absolute atomic E-state index is 0. The van der Waals surface area contributed by atoms with Crippen LogP contribution in [0.15, 0.2) is 29.2 Å². The Kier molecular flexibility index (Phi) is 5.38. The number of benzene rings is 1.